The van der Waals surface area contributed by atoms with Crippen LogP contribution in [-0.2, 0) is 9.53 Å². The Labute approximate surface area is 94.4 Å². The molecular weight excluding hydrogens is 188 g/mol. The largest absolute Gasteiger partial charge is 0.374 e. The first-order valence-corrected chi connectivity index (χ1v) is 6.40. The summed E-state index contributed by atoms with van der Waals surface area (Å²) in [7, 11) is 0. The predicted octanol–water partition coefficient (Wildman–Crippen LogP) is 3.73. The van der Waals surface area contributed by atoms with E-state index in [9.17, 15) is 4.79 Å². The molecule has 0 N–H and O–H groups in total. The number of Topliss-reactive ketones (excluding diaryl/α,β-unsaturated/α-hetero) is 1. The second-order valence-corrected chi connectivity index (χ2v) is 4.11. The van der Waals surface area contributed by atoms with Gasteiger partial charge in [-0.2, -0.15) is 0 Å². The van der Waals surface area contributed by atoms with Crippen LogP contribution in [0.25, 0.3) is 0 Å². The van der Waals surface area contributed by atoms with E-state index in [0.29, 0.717) is 13.0 Å². The molecule has 90 valence electrons. The Morgan fingerprint density at radius 3 is 2.27 bits per heavy atom. The van der Waals surface area contributed by atoms with Crippen LogP contribution in [0.2, 0.25) is 0 Å². The average molecular weight is 214 g/mol. The molecule has 0 saturated carbocycles. The molecule has 0 unspecified atom stereocenters. The van der Waals surface area contributed by atoms with Gasteiger partial charge in [0.1, 0.15) is 6.61 Å². The number of carbonyl (C=O) groups excluding carboxylic acids is 1. The zero-order valence-electron chi connectivity index (χ0n) is 10.4. The van der Waals surface area contributed by atoms with Gasteiger partial charge in [0.2, 0.25) is 0 Å². The smallest absolute Gasteiger partial charge is 0.158 e. The van der Waals surface area contributed by atoms with Crippen molar-refractivity contribution in [2.75, 3.05) is 13.2 Å². The first-order chi connectivity index (χ1) is 7.31. The molecule has 0 aliphatic heterocycles. The molecule has 0 fully saturated rings. The van der Waals surface area contributed by atoms with Gasteiger partial charge < -0.3 is 4.74 Å². The van der Waals surface area contributed by atoms with E-state index in [4.69, 9.17) is 4.74 Å². The van der Waals surface area contributed by atoms with Gasteiger partial charge in [-0.15, -0.1) is 0 Å². The van der Waals surface area contributed by atoms with E-state index in [2.05, 4.69) is 6.92 Å². The number of rotatable bonds is 11. The molecule has 0 rings (SSSR count). The maximum absolute atomic E-state index is 11.1. The molecule has 0 amide bonds. The van der Waals surface area contributed by atoms with E-state index in [-0.39, 0.29) is 5.78 Å². The summed E-state index contributed by atoms with van der Waals surface area (Å²) in [6.07, 6.45) is 9.21. The molecular formula is C13H26O2. The van der Waals surface area contributed by atoms with Gasteiger partial charge in [0.05, 0.1) is 0 Å². The van der Waals surface area contributed by atoms with Gasteiger partial charge in [-0.3, -0.25) is 4.79 Å². The fourth-order valence-electron chi connectivity index (χ4n) is 1.52. The molecule has 15 heavy (non-hydrogen) atoms. The lowest BCUT2D eigenvalue weighted by atomic mass is 10.1. The van der Waals surface area contributed by atoms with Gasteiger partial charge >= 0.3 is 0 Å². The Morgan fingerprint density at radius 2 is 1.60 bits per heavy atom. The number of ether oxygens (including phenoxy) is 1. The SMILES string of the molecule is CCCCCCCCOCC(=O)CCC. The van der Waals surface area contributed by atoms with Crippen molar-refractivity contribution in [1.29, 1.82) is 0 Å². The average Bonchev–Trinajstić information content (AvgIpc) is 2.22. The summed E-state index contributed by atoms with van der Waals surface area (Å²) in [5.41, 5.74) is 0. The molecule has 0 aliphatic carbocycles. The van der Waals surface area contributed by atoms with Crippen molar-refractivity contribution in [3.8, 4) is 0 Å². The third-order valence-corrected chi connectivity index (χ3v) is 2.43. The van der Waals surface area contributed by atoms with Crippen LogP contribution in [0.15, 0.2) is 0 Å². The van der Waals surface area contributed by atoms with Crippen molar-refractivity contribution < 1.29 is 9.53 Å². The van der Waals surface area contributed by atoms with Crippen LogP contribution >= 0.6 is 0 Å². The van der Waals surface area contributed by atoms with Crippen LogP contribution in [0.3, 0.4) is 0 Å². The first-order valence-electron chi connectivity index (χ1n) is 6.40. The van der Waals surface area contributed by atoms with Gasteiger partial charge in [-0.05, 0) is 12.8 Å². The van der Waals surface area contributed by atoms with Crippen molar-refractivity contribution in [1.82, 2.24) is 0 Å². The Hall–Kier alpha value is -0.370. The number of hydrogen-bond donors (Lipinski definition) is 0. The molecule has 2 heteroatoms. The maximum atomic E-state index is 11.1. The molecule has 0 heterocycles. The fraction of sp³-hybridized carbons (Fsp3) is 0.923. The van der Waals surface area contributed by atoms with Crippen molar-refractivity contribution >= 4 is 5.78 Å². The Kier molecular flexibility index (Phi) is 11.4. The minimum absolute atomic E-state index is 0.239. The molecule has 0 aliphatic rings. The second kappa shape index (κ2) is 11.7. The number of hydrogen-bond acceptors (Lipinski definition) is 2. The molecule has 0 aromatic rings. The summed E-state index contributed by atoms with van der Waals surface area (Å²) < 4.78 is 5.30. The molecule has 0 saturated heterocycles. The van der Waals surface area contributed by atoms with Crippen LogP contribution in [0.5, 0.6) is 0 Å². The molecule has 0 aromatic heterocycles. The highest BCUT2D eigenvalue weighted by Crippen LogP contribution is 2.04. The molecule has 0 spiro atoms. The van der Waals surface area contributed by atoms with Crippen molar-refractivity contribution in [2.45, 2.75) is 65.2 Å². The Bertz CT molecular complexity index is 143. The summed E-state index contributed by atoms with van der Waals surface area (Å²) in [6, 6.07) is 0. The van der Waals surface area contributed by atoms with E-state index >= 15 is 0 Å². The van der Waals surface area contributed by atoms with Crippen LogP contribution in [0.4, 0.5) is 0 Å². The lowest BCUT2D eigenvalue weighted by Crippen LogP contribution is -2.08. The lowest BCUT2D eigenvalue weighted by Gasteiger charge is -2.03. The van der Waals surface area contributed by atoms with Gasteiger partial charge in [0.25, 0.3) is 0 Å². The summed E-state index contributed by atoms with van der Waals surface area (Å²) in [6.45, 7) is 5.32. The van der Waals surface area contributed by atoms with Crippen LogP contribution in [-0.4, -0.2) is 19.0 Å². The molecule has 0 bridgehead atoms. The molecule has 2 nitrogen and oxygen atoms in total. The van der Waals surface area contributed by atoms with Crippen molar-refractivity contribution in [2.24, 2.45) is 0 Å². The predicted molar refractivity (Wildman–Crippen MR) is 64.1 cm³/mol. The van der Waals surface area contributed by atoms with E-state index in [1.165, 1.54) is 32.1 Å². The summed E-state index contributed by atoms with van der Waals surface area (Å²) in [5, 5.41) is 0. The van der Waals surface area contributed by atoms with Gasteiger partial charge in [0.15, 0.2) is 5.78 Å². The van der Waals surface area contributed by atoms with E-state index in [0.717, 1.165) is 19.4 Å². The highest BCUT2D eigenvalue weighted by atomic mass is 16.5. The van der Waals surface area contributed by atoms with Crippen molar-refractivity contribution in [3.05, 3.63) is 0 Å². The summed E-state index contributed by atoms with van der Waals surface area (Å²) in [4.78, 5) is 11.1. The monoisotopic (exact) mass is 214 g/mol. The number of unbranched alkanes of at least 4 members (excludes halogenated alkanes) is 5. The summed E-state index contributed by atoms with van der Waals surface area (Å²) in [5.74, 6) is 0.239. The zero-order chi connectivity index (χ0) is 11.4. The highest BCUT2D eigenvalue weighted by molar-refractivity contribution is 5.79. The second-order valence-electron chi connectivity index (χ2n) is 4.11. The zero-order valence-corrected chi connectivity index (χ0v) is 10.4. The lowest BCUT2D eigenvalue weighted by molar-refractivity contribution is -0.123. The summed E-state index contributed by atoms with van der Waals surface area (Å²) >= 11 is 0. The van der Waals surface area contributed by atoms with E-state index in [1.54, 1.807) is 0 Å². The van der Waals surface area contributed by atoms with Crippen molar-refractivity contribution in [3.63, 3.8) is 0 Å². The minimum atomic E-state index is 0.239. The van der Waals surface area contributed by atoms with Gasteiger partial charge in [-0.1, -0.05) is 46.0 Å². The van der Waals surface area contributed by atoms with Crippen LogP contribution in [0, 0.1) is 0 Å². The van der Waals surface area contributed by atoms with Gasteiger partial charge in [-0.25, -0.2) is 0 Å². The van der Waals surface area contributed by atoms with Crippen LogP contribution < -0.4 is 0 Å². The standard InChI is InChI=1S/C13H26O2/c1-3-5-6-7-8-9-11-15-12-13(14)10-4-2/h3-12H2,1-2H3. The number of carbonyl (C=O) groups is 1. The van der Waals surface area contributed by atoms with Gasteiger partial charge in [0, 0.05) is 13.0 Å². The molecule has 0 aromatic carbocycles. The maximum Gasteiger partial charge on any atom is 0.158 e. The first kappa shape index (κ1) is 14.6. The van der Waals surface area contributed by atoms with E-state index in [1.807, 2.05) is 6.92 Å². The molecule has 0 atom stereocenters. The van der Waals surface area contributed by atoms with Crippen LogP contribution in [0.1, 0.15) is 65.2 Å². The Balaban J connectivity index is 3.01. The number of ketones is 1. The topological polar surface area (TPSA) is 26.3 Å². The van der Waals surface area contributed by atoms with E-state index < -0.39 is 0 Å². The quantitative estimate of drug-likeness (QED) is 0.490. The third kappa shape index (κ3) is 11.6. The Morgan fingerprint density at radius 1 is 0.933 bits per heavy atom. The molecule has 0 radical (unpaired) electrons. The highest BCUT2D eigenvalue weighted by Gasteiger charge is 1.99. The fourth-order valence-corrected chi connectivity index (χ4v) is 1.52. The third-order valence-electron chi connectivity index (χ3n) is 2.43. The minimum Gasteiger partial charge on any atom is -0.374 e. The normalized spacial score (nSPS) is 10.5.